The number of benzene rings is 2. The van der Waals surface area contributed by atoms with Crippen molar-refractivity contribution in [2.45, 2.75) is 5.16 Å². The van der Waals surface area contributed by atoms with Crippen LogP contribution in [0.5, 0.6) is 5.75 Å². The van der Waals surface area contributed by atoms with Crippen molar-refractivity contribution in [3.05, 3.63) is 57.6 Å². The Morgan fingerprint density at radius 2 is 2.03 bits per heavy atom. The Bertz CT molecular complexity index is 1060. The Balaban J connectivity index is 1.66. The summed E-state index contributed by atoms with van der Waals surface area (Å²) in [7, 11) is 1.57. The molecule has 0 saturated heterocycles. The first-order valence-corrected chi connectivity index (χ1v) is 9.47. The topological polar surface area (TPSA) is 138 Å². The Hall–Kier alpha value is -3.31. The maximum Gasteiger partial charge on any atom is 0.271 e. The molecular formula is C17H15ClN6O4S. The summed E-state index contributed by atoms with van der Waals surface area (Å²) < 4.78 is 6.39. The van der Waals surface area contributed by atoms with Gasteiger partial charge in [-0.15, -0.1) is 10.2 Å². The van der Waals surface area contributed by atoms with E-state index in [1.165, 1.54) is 22.9 Å². The van der Waals surface area contributed by atoms with Crippen molar-refractivity contribution in [3.63, 3.8) is 0 Å². The number of carbonyl (C=O) groups excluding carboxylic acids is 1. The van der Waals surface area contributed by atoms with Crippen LogP contribution < -0.4 is 15.9 Å². The van der Waals surface area contributed by atoms with Crippen LogP contribution in [-0.4, -0.2) is 38.6 Å². The number of non-ortho nitro benzene ring substituents is 1. The number of rotatable bonds is 7. The fourth-order valence-corrected chi connectivity index (χ4v) is 3.17. The highest BCUT2D eigenvalue weighted by molar-refractivity contribution is 7.99. The Kier molecular flexibility index (Phi) is 6.20. The lowest BCUT2D eigenvalue weighted by Gasteiger charge is -2.07. The summed E-state index contributed by atoms with van der Waals surface area (Å²) >= 11 is 7.05. The summed E-state index contributed by atoms with van der Waals surface area (Å²) in [5.74, 6) is 6.69. The third kappa shape index (κ3) is 4.76. The fourth-order valence-electron chi connectivity index (χ4n) is 2.35. The van der Waals surface area contributed by atoms with Crippen LogP contribution >= 0.6 is 23.4 Å². The summed E-state index contributed by atoms with van der Waals surface area (Å²) in [6, 6.07) is 10.9. The lowest BCUT2D eigenvalue weighted by Crippen LogP contribution is -2.16. The Labute approximate surface area is 174 Å². The maximum atomic E-state index is 12.2. The number of nitro groups is 1. The molecule has 0 aliphatic heterocycles. The zero-order valence-electron chi connectivity index (χ0n) is 15.0. The number of thioether (sulfide) groups is 1. The number of carbonyl (C=O) groups is 1. The maximum absolute atomic E-state index is 12.2. The number of aromatic nitrogens is 3. The van der Waals surface area contributed by atoms with Crippen molar-refractivity contribution in [1.29, 1.82) is 0 Å². The molecule has 0 atom stereocenters. The van der Waals surface area contributed by atoms with E-state index in [0.29, 0.717) is 16.7 Å². The number of nitrogens with two attached hydrogens (primary N) is 1. The molecule has 3 N–H and O–H groups in total. The molecule has 1 aromatic heterocycles. The molecule has 3 aromatic rings. The van der Waals surface area contributed by atoms with Gasteiger partial charge in [0.2, 0.25) is 11.1 Å². The van der Waals surface area contributed by atoms with E-state index in [0.717, 1.165) is 17.3 Å². The average molecular weight is 435 g/mol. The van der Waals surface area contributed by atoms with Crippen molar-refractivity contribution in [2.24, 2.45) is 0 Å². The van der Waals surface area contributed by atoms with Crippen LogP contribution in [-0.2, 0) is 4.79 Å². The number of hydrogen-bond donors (Lipinski definition) is 2. The minimum absolute atomic E-state index is 0.0447. The second-order valence-electron chi connectivity index (χ2n) is 5.66. The van der Waals surface area contributed by atoms with Gasteiger partial charge < -0.3 is 15.9 Å². The van der Waals surface area contributed by atoms with Gasteiger partial charge in [0.05, 0.1) is 28.5 Å². The number of nitrogens with one attached hydrogen (secondary N) is 1. The molecule has 2 aromatic carbocycles. The normalized spacial score (nSPS) is 10.6. The number of anilines is 1. The molecule has 0 aliphatic carbocycles. The number of nitro benzene ring substituents is 1. The molecule has 0 radical (unpaired) electrons. The quantitative estimate of drug-likeness (QED) is 0.250. The minimum Gasteiger partial charge on any atom is -0.497 e. The Morgan fingerprint density at radius 3 is 2.69 bits per heavy atom. The molecule has 0 bridgehead atoms. The highest BCUT2D eigenvalue weighted by Crippen LogP contribution is 2.27. The lowest BCUT2D eigenvalue weighted by molar-refractivity contribution is -0.384. The van der Waals surface area contributed by atoms with Crippen molar-refractivity contribution < 1.29 is 14.5 Å². The molecule has 0 aliphatic rings. The lowest BCUT2D eigenvalue weighted by atomic mass is 10.2. The summed E-state index contributed by atoms with van der Waals surface area (Å²) in [5, 5.41) is 22.0. The summed E-state index contributed by atoms with van der Waals surface area (Å²) in [6.07, 6.45) is 0. The second-order valence-corrected chi connectivity index (χ2v) is 7.01. The van der Waals surface area contributed by atoms with Gasteiger partial charge in [-0.25, -0.2) is 4.68 Å². The predicted octanol–water partition coefficient (Wildman–Crippen LogP) is 2.96. The van der Waals surface area contributed by atoms with Crippen LogP contribution in [0.3, 0.4) is 0 Å². The number of methoxy groups -OCH3 is 1. The highest BCUT2D eigenvalue weighted by Gasteiger charge is 2.16. The molecule has 1 heterocycles. The Morgan fingerprint density at radius 1 is 1.31 bits per heavy atom. The predicted molar refractivity (Wildman–Crippen MR) is 110 cm³/mol. The van der Waals surface area contributed by atoms with Crippen molar-refractivity contribution in [3.8, 4) is 17.1 Å². The largest absolute Gasteiger partial charge is 0.497 e. The van der Waals surface area contributed by atoms with Crippen molar-refractivity contribution in [1.82, 2.24) is 14.9 Å². The molecule has 0 unspecified atom stereocenters. The number of nitrogens with zero attached hydrogens (tertiary/aromatic N) is 4. The van der Waals surface area contributed by atoms with Crippen LogP contribution in [0.25, 0.3) is 11.4 Å². The van der Waals surface area contributed by atoms with Gasteiger partial charge in [0.1, 0.15) is 5.75 Å². The third-order valence-electron chi connectivity index (χ3n) is 3.78. The minimum atomic E-state index is -0.571. The zero-order valence-corrected chi connectivity index (χ0v) is 16.6. The van der Waals surface area contributed by atoms with E-state index in [1.54, 1.807) is 31.4 Å². The van der Waals surface area contributed by atoms with Gasteiger partial charge in [0, 0.05) is 17.7 Å². The van der Waals surface area contributed by atoms with Crippen LogP contribution in [0, 0.1) is 10.1 Å². The first kappa shape index (κ1) is 20.4. The monoisotopic (exact) mass is 434 g/mol. The second kappa shape index (κ2) is 8.80. The van der Waals surface area contributed by atoms with Gasteiger partial charge in [-0.2, -0.15) is 0 Å². The summed E-state index contributed by atoms with van der Waals surface area (Å²) in [4.78, 5) is 22.5. The molecule has 29 heavy (non-hydrogen) atoms. The van der Waals surface area contributed by atoms with E-state index in [1.807, 2.05) is 0 Å². The van der Waals surface area contributed by atoms with Crippen LogP contribution in [0.15, 0.2) is 47.6 Å². The van der Waals surface area contributed by atoms with Crippen LogP contribution in [0.1, 0.15) is 0 Å². The third-order valence-corrected chi connectivity index (χ3v) is 5.05. The highest BCUT2D eigenvalue weighted by atomic mass is 35.5. The molecule has 12 heteroatoms. The van der Waals surface area contributed by atoms with Gasteiger partial charge in [-0.1, -0.05) is 23.4 Å². The van der Waals surface area contributed by atoms with E-state index in [2.05, 4.69) is 15.5 Å². The van der Waals surface area contributed by atoms with Gasteiger partial charge >= 0.3 is 0 Å². The first-order chi connectivity index (χ1) is 13.9. The van der Waals surface area contributed by atoms with E-state index in [9.17, 15) is 14.9 Å². The standard InChI is InChI=1S/C17H15ClN6O4S/c1-28-12-5-2-10(3-6-12)16-21-22-17(23(16)19)29-9-15(25)20-14-8-11(24(26)27)4-7-13(14)18/h2-8H,9,19H2,1H3,(H,20,25). The fraction of sp³-hybridized carbons (Fsp3) is 0.118. The van der Waals surface area contributed by atoms with Crippen molar-refractivity contribution in [2.75, 3.05) is 24.0 Å². The number of halogens is 1. The summed E-state index contributed by atoms with van der Waals surface area (Å²) in [6.45, 7) is 0. The average Bonchev–Trinajstić information content (AvgIpc) is 3.08. The van der Waals surface area contributed by atoms with E-state index < -0.39 is 10.8 Å². The van der Waals surface area contributed by atoms with E-state index in [4.69, 9.17) is 22.2 Å². The molecular weight excluding hydrogens is 420 g/mol. The molecule has 10 nitrogen and oxygen atoms in total. The number of ether oxygens (including phenoxy) is 1. The first-order valence-electron chi connectivity index (χ1n) is 8.10. The molecule has 0 spiro atoms. The van der Waals surface area contributed by atoms with Gasteiger partial charge in [0.25, 0.3) is 5.69 Å². The zero-order chi connectivity index (χ0) is 21.0. The molecule has 3 rings (SSSR count). The SMILES string of the molecule is COc1ccc(-c2nnc(SCC(=O)Nc3cc([N+](=O)[O-])ccc3Cl)n2N)cc1. The van der Waals surface area contributed by atoms with Gasteiger partial charge in [-0.05, 0) is 30.3 Å². The molecule has 0 fully saturated rings. The van der Waals surface area contributed by atoms with Crippen molar-refractivity contribution >= 4 is 40.6 Å². The van der Waals surface area contributed by atoms with Gasteiger partial charge in [0.15, 0.2) is 5.82 Å². The van der Waals surface area contributed by atoms with Crippen LogP contribution in [0.4, 0.5) is 11.4 Å². The number of hydrogen-bond acceptors (Lipinski definition) is 8. The molecule has 1 amide bonds. The van der Waals surface area contributed by atoms with Crippen LogP contribution in [0.2, 0.25) is 5.02 Å². The molecule has 150 valence electrons. The van der Waals surface area contributed by atoms with E-state index in [-0.39, 0.29) is 22.2 Å². The van der Waals surface area contributed by atoms with E-state index >= 15 is 0 Å². The summed E-state index contributed by atoms with van der Waals surface area (Å²) in [5.41, 5.74) is 0.711. The number of amides is 1. The smallest absolute Gasteiger partial charge is 0.271 e. The van der Waals surface area contributed by atoms with Gasteiger partial charge in [-0.3, -0.25) is 14.9 Å². The number of nitrogen functional groups attached to an aromatic ring is 1. The molecule has 0 saturated carbocycles.